The predicted molar refractivity (Wildman–Crippen MR) is 137 cm³/mol. The summed E-state index contributed by atoms with van der Waals surface area (Å²) < 4.78 is 17.0. The molecule has 4 rings (SSSR count). The van der Waals surface area contributed by atoms with Gasteiger partial charge in [0.25, 0.3) is 0 Å². The lowest BCUT2D eigenvalue weighted by atomic mass is 10.1. The number of allylic oxidation sites excluding steroid dienone is 2. The summed E-state index contributed by atoms with van der Waals surface area (Å²) in [7, 11) is 1.72. The van der Waals surface area contributed by atoms with E-state index in [0.717, 1.165) is 62.6 Å². The van der Waals surface area contributed by atoms with Crippen LogP contribution in [0.25, 0.3) is 0 Å². The van der Waals surface area contributed by atoms with E-state index < -0.39 is 0 Å². The van der Waals surface area contributed by atoms with Crippen LogP contribution in [0.4, 0.5) is 5.82 Å². The quantitative estimate of drug-likeness (QED) is 0.489. The summed E-state index contributed by atoms with van der Waals surface area (Å²) >= 11 is 0. The number of carbonyl (C=O) groups excluding carboxylic acids is 1. The van der Waals surface area contributed by atoms with E-state index >= 15 is 0 Å². The molecule has 0 bridgehead atoms. The number of hydrogen-bond donors (Lipinski definition) is 0. The van der Waals surface area contributed by atoms with Crippen LogP contribution in [-0.4, -0.2) is 61.9 Å². The van der Waals surface area contributed by atoms with Crippen molar-refractivity contribution in [2.45, 2.75) is 39.3 Å². The molecule has 186 valence electrons. The Morgan fingerprint density at radius 3 is 2.71 bits per heavy atom. The summed E-state index contributed by atoms with van der Waals surface area (Å²) in [6.45, 7) is 8.44. The maximum absolute atomic E-state index is 12.5. The van der Waals surface area contributed by atoms with Crippen molar-refractivity contribution in [1.29, 1.82) is 0 Å². The van der Waals surface area contributed by atoms with Crippen LogP contribution < -0.4 is 9.64 Å². The van der Waals surface area contributed by atoms with Crippen LogP contribution in [0.2, 0.25) is 0 Å². The number of methoxy groups -OCH3 is 1. The Morgan fingerprint density at radius 1 is 1.11 bits per heavy atom. The Balaban J connectivity index is 1.33. The molecule has 2 heterocycles. The zero-order chi connectivity index (χ0) is 24.6. The van der Waals surface area contributed by atoms with Gasteiger partial charge in [0.15, 0.2) is 0 Å². The van der Waals surface area contributed by atoms with Gasteiger partial charge in [-0.3, -0.25) is 4.90 Å². The Morgan fingerprint density at radius 2 is 1.94 bits per heavy atom. The number of piperazine rings is 1. The van der Waals surface area contributed by atoms with Crippen LogP contribution in [0.15, 0.2) is 66.1 Å². The van der Waals surface area contributed by atoms with Crippen LogP contribution in [0.1, 0.15) is 42.6 Å². The highest BCUT2D eigenvalue weighted by molar-refractivity contribution is 5.94. The van der Waals surface area contributed by atoms with Gasteiger partial charge in [0.1, 0.15) is 29.5 Å². The van der Waals surface area contributed by atoms with Gasteiger partial charge in [-0.15, -0.1) is 0 Å². The largest absolute Gasteiger partial charge is 0.501 e. The van der Waals surface area contributed by atoms with Crippen molar-refractivity contribution < 1.29 is 19.0 Å². The normalized spacial score (nSPS) is 16.5. The molecule has 0 radical (unpaired) electrons. The van der Waals surface area contributed by atoms with E-state index in [1.165, 1.54) is 5.56 Å². The average Bonchev–Trinajstić information content (AvgIpc) is 2.88. The predicted octanol–water partition coefficient (Wildman–Crippen LogP) is 4.60. The van der Waals surface area contributed by atoms with Crippen molar-refractivity contribution in [2.24, 2.45) is 0 Å². The summed E-state index contributed by atoms with van der Waals surface area (Å²) in [6, 6.07) is 11.9. The third-order valence-electron chi connectivity index (χ3n) is 6.18. The lowest BCUT2D eigenvalue weighted by Gasteiger charge is -2.36. The van der Waals surface area contributed by atoms with Gasteiger partial charge >= 0.3 is 5.97 Å². The van der Waals surface area contributed by atoms with Crippen molar-refractivity contribution in [3.63, 3.8) is 0 Å². The second kappa shape index (κ2) is 11.9. The lowest BCUT2D eigenvalue weighted by molar-refractivity contribution is 0.0378. The van der Waals surface area contributed by atoms with E-state index in [4.69, 9.17) is 14.2 Å². The van der Waals surface area contributed by atoms with Crippen LogP contribution >= 0.6 is 0 Å². The Bertz CT molecular complexity index is 1070. The van der Waals surface area contributed by atoms with Gasteiger partial charge in [0, 0.05) is 50.9 Å². The molecule has 2 aliphatic rings. The number of hydrogen-bond acceptors (Lipinski definition) is 7. The lowest BCUT2D eigenvalue weighted by Crippen LogP contribution is -2.46. The molecule has 0 saturated carbocycles. The molecule has 0 N–H and O–H groups in total. The third kappa shape index (κ3) is 6.63. The minimum absolute atomic E-state index is 0.162. The molecule has 1 fully saturated rings. The molecular formula is C28H35N3O4. The molecule has 2 aromatic rings. The number of carbonyl (C=O) groups is 1. The molecule has 1 aromatic carbocycles. The molecule has 0 atom stereocenters. The summed E-state index contributed by atoms with van der Waals surface area (Å²) in [5.41, 5.74) is 2.85. The molecule has 1 aromatic heterocycles. The zero-order valence-electron chi connectivity index (χ0n) is 20.9. The second-order valence-electron chi connectivity index (χ2n) is 9.12. The number of ether oxygens (including phenoxy) is 3. The monoisotopic (exact) mass is 477 g/mol. The second-order valence-corrected chi connectivity index (χ2v) is 9.12. The van der Waals surface area contributed by atoms with Crippen molar-refractivity contribution in [3.8, 4) is 5.75 Å². The first-order valence-electron chi connectivity index (χ1n) is 12.3. The van der Waals surface area contributed by atoms with E-state index in [-0.39, 0.29) is 12.1 Å². The number of esters is 1. The Kier molecular flexibility index (Phi) is 8.42. The molecule has 0 unspecified atom stereocenters. The molecular weight excluding hydrogens is 442 g/mol. The van der Waals surface area contributed by atoms with E-state index in [0.29, 0.717) is 18.0 Å². The number of aromatic nitrogens is 1. The highest BCUT2D eigenvalue weighted by atomic mass is 16.5. The van der Waals surface area contributed by atoms with Crippen LogP contribution in [0.5, 0.6) is 5.75 Å². The van der Waals surface area contributed by atoms with Gasteiger partial charge < -0.3 is 19.1 Å². The first-order valence-corrected chi connectivity index (χ1v) is 12.3. The summed E-state index contributed by atoms with van der Waals surface area (Å²) in [5, 5.41) is 0. The van der Waals surface area contributed by atoms with E-state index in [1.807, 2.05) is 26.0 Å². The maximum atomic E-state index is 12.5. The standard InChI is InChI=1S/C28H35N3O4/c1-21(2)35-28(32)25-11-7-13-29-27(25)31-16-14-30(15-17-31)19-22-8-6-10-24(18-22)34-20-23-9-4-5-12-26(23)33-3/h4,6-11,13,18,21H,5,12,14-17,19-20H2,1-3H3. The van der Waals surface area contributed by atoms with Crippen LogP contribution in [0.3, 0.4) is 0 Å². The van der Waals surface area contributed by atoms with Gasteiger partial charge in [-0.25, -0.2) is 9.78 Å². The number of rotatable bonds is 9. The first-order chi connectivity index (χ1) is 17.0. The van der Waals surface area contributed by atoms with Crippen molar-refractivity contribution >= 4 is 11.8 Å². The topological polar surface area (TPSA) is 64.1 Å². The summed E-state index contributed by atoms with van der Waals surface area (Å²) in [5.74, 6) is 2.26. The number of anilines is 1. The molecule has 35 heavy (non-hydrogen) atoms. The van der Waals surface area contributed by atoms with Gasteiger partial charge in [-0.1, -0.05) is 24.3 Å². The number of benzene rings is 1. The highest BCUT2D eigenvalue weighted by Gasteiger charge is 2.24. The van der Waals surface area contributed by atoms with Gasteiger partial charge in [0.05, 0.1) is 13.2 Å². The van der Waals surface area contributed by atoms with Crippen molar-refractivity contribution in [1.82, 2.24) is 9.88 Å². The molecule has 7 heteroatoms. The molecule has 1 aliphatic heterocycles. The van der Waals surface area contributed by atoms with E-state index in [1.54, 1.807) is 25.4 Å². The fourth-order valence-electron chi connectivity index (χ4n) is 4.41. The molecule has 1 saturated heterocycles. The Hall–Kier alpha value is -3.32. The SMILES string of the molecule is COC1=C(COc2cccc(CN3CCN(c4ncccc4C(=O)OC(C)C)CC3)c2)C=CCC1. The molecule has 0 spiro atoms. The van der Waals surface area contributed by atoms with Gasteiger partial charge in [-0.05, 0) is 50.1 Å². The Labute approximate surface area is 208 Å². The van der Waals surface area contributed by atoms with Crippen molar-refractivity contribution in [3.05, 3.63) is 77.2 Å². The van der Waals surface area contributed by atoms with E-state index in [9.17, 15) is 4.79 Å². The highest BCUT2D eigenvalue weighted by Crippen LogP contribution is 2.23. The van der Waals surface area contributed by atoms with Gasteiger partial charge in [-0.2, -0.15) is 0 Å². The maximum Gasteiger partial charge on any atom is 0.342 e. The van der Waals surface area contributed by atoms with E-state index in [2.05, 4.69) is 39.1 Å². The summed E-state index contributed by atoms with van der Waals surface area (Å²) in [4.78, 5) is 21.6. The third-order valence-corrected chi connectivity index (χ3v) is 6.18. The smallest absolute Gasteiger partial charge is 0.342 e. The van der Waals surface area contributed by atoms with Crippen LogP contribution in [0, 0.1) is 0 Å². The minimum Gasteiger partial charge on any atom is -0.501 e. The average molecular weight is 478 g/mol. The number of nitrogens with zero attached hydrogens (tertiary/aromatic N) is 3. The minimum atomic E-state index is -0.320. The summed E-state index contributed by atoms with van der Waals surface area (Å²) in [6.07, 6.45) is 7.77. The van der Waals surface area contributed by atoms with Crippen molar-refractivity contribution in [2.75, 3.05) is 44.8 Å². The first kappa shape index (κ1) is 24.8. The van der Waals surface area contributed by atoms with Gasteiger partial charge in [0.2, 0.25) is 0 Å². The number of pyridine rings is 1. The molecule has 0 amide bonds. The molecule has 7 nitrogen and oxygen atoms in total. The molecule has 1 aliphatic carbocycles. The zero-order valence-corrected chi connectivity index (χ0v) is 20.9. The van der Waals surface area contributed by atoms with Crippen LogP contribution in [-0.2, 0) is 16.0 Å². The fourth-order valence-corrected chi connectivity index (χ4v) is 4.41. The fraction of sp³-hybridized carbons (Fsp3) is 0.429.